The SMILES string of the molecule is Cc1cc(F)ccc1C(O)C(CN)c1ccccc1Cl. The van der Waals surface area contributed by atoms with Crippen molar-refractivity contribution in [3.8, 4) is 0 Å². The third-order valence-corrected chi connectivity index (χ3v) is 3.83. The maximum atomic E-state index is 13.2. The minimum atomic E-state index is -0.819. The minimum Gasteiger partial charge on any atom is -0.388 e. The van der Waals surface area contributed by atoms with E-state index in [-0.39, 0.29) is 18.3 Å². The molecule has 106 valence electrons. The Morgan fingerprint density at radius 3 is 2.50 bits per heavy atom. The molecule has 0 aliphatic rings. The standard InChI is InChI=1S/C16H17ClFNO/c1-10-8-11(18)6-7-12(10)16(20)14(9-19)13-4-2-3-5-15(13)17/h2-8,14,16,20H,9,19H2,1H3. The largest absolute Gasteiger partial charge is 0.388 e. The van der Waals surface area contributed by atoms with Crippen molar-refractivity contribution in [3.63, 3.8) is 0 Å². The smallest absolute Gasteiger partial charge is 0.123 e. The van der Waals surface area contributed by atoms with Gasteiger partial charge in [-0.1, -0.05) is 35.9 Å². The van der Waals surface area contributed by atoms with Gasteiger partial charge >= 0.3 is 0 Å². The number of aliphatic hydroxyl groups excluding tert-OH is 1. The lowest BCUT2D eigenvalue weighted by atomic mass is 9.87. The summed E-state index contributed by atoms with van der Waals surface area (Å²) in [6, 6.07) is 11.6. The topological polar surface area (TPSA) is 46.2 Å². The van der Waals surface area contributed by atoms with Crippen LogP contribution in [0.3, 0.4) is 0 Å². The third kappa shape index (κ3) is 3.01. The molecule has 0 fully saturated rings. The van der Waals surface area contributed by atoms with Crippen LogP contribution in [0.2, 0.25) is 5.02 Å². The van der Waals surface area contributed by atoms with Crippen molar-refractivity contribution in [1.82, 2.24) is 0 Å². The lowest BCUT2D eigenvalue weighted by Crippen LogP contribution is -2.21. The molecule has 0 bridgehead atoms. The van der Waals surface area contributed by atoms with E-state index in [1.54, 1.807) is 19.1 Å². The molecule has 2 aromatic carbocycles. The van der Waals surface area contributed by atoms with Crippen molar-refractivity contribution in [2.45, 2.75) is 18.9 Å². The zero-order valence-corrected chi connectivity index (χ0v) is 11.9. The van der Waals surface area contributed by atoms with Gasteiger partial charge in [-0.25, -0.2) is 4.39 Å². The molecule has 0 heterocycles. The highest BCUT2D eigenvalue weighted by atomic mass is 35.5. The number of rotatable bonds is 4. The number of halogens is 2. The lowest BCUT2D eigenvalue weighted by molar-refractivity contribution is 0.146. The number of aryl methyl sites for hydroxylation is 1. The first-order valence-corrected chi connectivity index (χ1v) is 6.81. The molecule has 4 heteroatoms. The van der Waals surface area contributed by atoms with Gasteiger partial charge in [0.05, 0.1) is 6.10 Å². The Hall–Kier alpha value is -1.42. The van der Waals surface area contributed by atoms with E-state index in [0.717, 1.165) is 5.56 Å². The average Bonchev–Trinajstić information content (AvgIpc) is 2.41. The first-order valence-electron chi connectivity index (χ1n) is 6.43. The van der Waals surface area contributed by atoms with E-state index in [1.165, 1.54) is 12.1 Å². The van der Waals surface area contributed by atoms with E-state index < -0.39 is 6.10 Å². The van der Waals surface area contributed by atoms with Crippen molar-refractivity contribution < 1.29 is 9.50 Å². The third-order valence-electron chi connectivity index (χ3n) is 3.49. The predicted molar refractivity (Wildman–Crippen MR) is 79.3 cm³/mol. The molecule has 2 unspecified atom stereocenters. The number of hydrogen-bond donors (Lipinski definition) is 2. The van der Waals surface area contributed by atoms with E-state index in [4.69, 9.17) is 17.3 Å². The van der Waals surface area contributed by atoms with Gasteiger partial charge in [-0.15, -0.1) is 0 Å². The van der Waals surface area contributed by atoms with Crippen LogP contribution in [0.25, 0.3) is 0 Å². The van der Waals surface area contributed by atoms with E-state index >= 15 is 0 Å². The lowest BCUT2D eigenvalue weighted by Gasteiger charge is -2.24. The van der Waals surface area contributed by atoms with Gasteiger partial charge in [-0.3, -0.25) is 0 Å². The van der Waals surface area contributed by atoms with Gasteiger partial charge in [0, 0.05) is 17.5 Å². The molecule has 0 radical (unpaired) electrons. The Kier molecular flexibility index (Phi) is 4.76. The molecular weight excluding hydrogens is 277 g/mol. The highest BCUT2D eigenvalue weighted by molar-refractivity contribution is 6.31. The molecule has 0 saturated heterocycles. The molecule has 0 amide bonds. The van der Waals surface area contributed by atoms with Crippen LogP contribution in [0, 0.1) is 12.7 Å². The fraction of sp³-hybridized carbons (Fsp3) is 0.250. The summed E-state index contributed by atoms with van der Waals surface area (Å²) in [5, 5.41) is 11.1. The molecule has 0 spiro atoms. The Balaban J connectivity index is 2.39. The number of benzene rings is 2. The van der Waals surface area contributed by atoms with Gasteiger partial charge in [0.2, 0.25) is 0 Å². The van der Waals surface area contributed by atoms with Gasteiger partial charge in [0.25, 0.3) is 0 Å². The fourth-order valence-corrected chi connectivity index (χ4v) is 2.67. The molecule has 3 N–H and O–H groups in total. The van der Waals surface area contributed by atoms with Crippen LogP contribution in [0.4, 0.5) is 4.39 Å². The summed E-state index contributed by atoms with van der Waals surface area (Å²) < 4.78 is 13.2. The number of aliphatic hydroxyl groups is 1. The van der Waals surface area contributed by atoms with Crippen LogP contribution in [-0.4, -0.2) is 11.7 Å². The molecular formula is C16H17ClFNO. The van der Waals surface area contributed by atoms with Gasteiger partial charge in [-0.2, -0.15) is 0 Å². The van der Waals surface area contributed by atoms with Crippen LogP contribution in [0.5, 0.6) is 0 Å². The molecule has 2 rings (SSSR count). The monoisotopic (exact) mass is 293 g/mol. The highest BCUT2D eigenvalue weighted by Crippen LogP contribution is 2.35. The second-order valence-electron chi connectivity index (χ2n) is 4.81. The Morgan fingerprint density at radius 1 is 1.20 bits per heavy atom. The van der Waals surface area contributed by atoms with Crippen LogP contribution < -0.4 is 5.73 Å². The van der Waals surface area contributed by atoms with Crippen molar-refractivity contribution in [2.24, 2.45) is 5.73 Å². The normalized spacial score (nSPS) is 14.1. The molecule has 2 aromatic rings. The van der Waals surface area contributed by atoms with E-state index in [0.29, 0.717) is 16.1 Å². The first-order chi connectivity index (χ1) is 9.54. The Labute approximate surface area is 123 Å². The van der Waals surface area contributed by atoms with Gasteiger partial charge < -0.3 is 10.8 Å². The summed E-state index contributed by atoms with van der Waals surface area (Å²) in [5.74, 6) is -0.645. The van der Waals surface area contributed by atoms with Crippen molar-refractivity contribution in [3.05, 3.63) is 70.0 Å². The summed E-state index contributed by atoms with van der Waals surface area (Å²) in [4.78, 5) is 0. The average molecular weight is 294 g/mol. The van der Waals surface area contributed by atoms with Gasteiger partial charge in [0.15, 0.2) is 0 Å². The zero-order valence-electron chi connectivity index (χ0n) is 11.2. The molecule has 0 aromatic heterocycles. The summed E-state index contributed by atoms with van der Waals surface area (Å²) in [7, 11) is 0. The van der Waals surface area contributed by atoms with Crippen molar-refractivity contribution >= 4 is 11.6 Å². The maximum absolute atomic E-state index is 13.2. The molecule has 0 saturated carbocycles. The quantitative estimate of drug-likeness (QED) is 0.905. The van der Waals surface area contributed by atoms with E-state index in [1.807, 2.05) is 18.2 Å². The summed E-state index contributed by atoms with van der Waals surface area (Å²) in [6.45, 7) is 2.02. The summed E-state index contributed by atoms with van der Waals surface area (Å²) in [5.41, 5.74) is 7.96. The second kappa shape index (κ2) is 6.35. The summed E-state index contributed by atoms with van der Waals surface area (Å²) in [6.07, 6.45) is -0.819. The molecule has 2 nitrogen and oxygen atoms in total. The van der Waals surface area contributed by atoms with Crippen LogP contribution in [0.15, 0.2) is 42.5 Å². The van der Waals surface area contributed by atoms with E-state index in [2.05, 4.69) is 0 Å². The van der Waals surface area contributed by atoms with Crippen molar-refractivity contribution in [2.75, 3.05) is 6.54 Å². The van der Waals surface area contributed by atoms with Crippen LogP contribution >= 0.6 is 11.6 Å². The molecule has 0 aliphatic carbocycles. The zero-order chi connectivity index (χ0) is 14.7. The van der Waals surface area contributed by atoms with Crippen molar-refractivity contribution in [1.29, 1.82) is 0 Å². The number of hydrogen-bond acceptors (Lipinski definition) is 2. The molecule has 0 aliphatic heterocycles. The molecule has 20 heavy (non-hydrogen) atoms. The fourth-order valence-electron chi connectivity index (χ4n) is 2.39. The Morgan fingerprint density at radius 2 is 1.90 bits per heavy atom. The van der Waals surface area contributed by atoms with Crippen LogP contribution in [0.1, 0.15) is 28.7 Å². The minimum absolute atomic E-state index is 0.252. The Bertz CT molecular complexity index is 603. The molecule has 2 atom stereocenters. The predicted octanol–water partition coefficient (Wildman–Crippen LogP) is 3.56. The maximum Gasteiger partial charge on any atom is 0.123 e. The summed E-state index contributed by atoms with van der Waals surface area (Å²) >= 11 is 6.17. The second-order valence-corrected chi connectivity index (χ2v) is 5.22. The van der Waals surface area contributed by atoms with E-state index in [9.17, 15) is 9.50 Å². The number of nitrogens with two attached hydrogens (primary N) is 1. The van der Waals surface area contributed by atoms with Crippen LogP contribution in [-0.2, 0) is 0 Å². The van der Waals surface area contributed by atoms with Gasteiger partial charge in [-0.05, 0) is 41.8 Å². The highest BCUT2D eigenvalue weighted by Gasteiger charge is 2.24. The first kappa shape index (κ1) is 15.0. The van der Waals surface area contributed by atoms with Gasteiger partial charge in [0.1, 0.15) is 5.82 Å².